The van der Waals surface area contributed by atoms with Gasteiger partial charge in [-0.1, -0.05) is 27.7 Å². The van der Waals surface area contributed by atoms with Gasteiger partial charge in [-0.2, -0.15) is 0 Å². The van der Waals surface area contributed by atoms with Crippen molar-refractivity contribution in [3.8, 4) is 5.88 Å². The highest BCUT2D eigenvalue weighted by Crippen LogP contribution is 2.39. The second-order valence-electron chi connectivity index (χ2n) is 7.09. The molecule has 26 heavy (non-hydrogen) atoms. The van der Waals surface area contributed by atoms with Gasteiger partial charge in [0.15, 0.2) is 5.65 Å². The van der Waals surface area contributed by atoms with E-state index in [2.05, 4.69) is 14.9 Å². The fraction of sp³-hybridized carbons (Fsp3) is 0.556. The van der Waals surface area contributed by atoms with E-state index in [0.29, 0.717) is 5.82 Å². The number of esters is 2. The molecule has 1 N–H and O–H groups in total. The lowest BCUT2D eigenvalue weighted by molar-refractivity contribution is -0.132. The van der Waals surface area contributed by atoms with E-state index in [0.717, 1.165) is 0 Å². The Morgan fingerprint density at radius 2 is 1.85 bits per heavy atom. The predicted octanol–water partition coefficient (Wildman–Crippen LogP) is 3.67. The third-order valence-corrected chi connectivity index (χ3v) is 4.79. The Hall–Kier alpha value is -2.82. The number of ether oxygens (including phenoxy) is 2. The Bertz CT molecular complexity index is 891. The van der Waals surface area contributed by atoms with Gasteiger partial charge in [-0.05, 0) is 25.7 Å². The molecule has 0 saturated heterocycles. The first-order chi connectivity index (χ1) is 12.0. The Morgan fingerprint density at radius 3 is 2.31 bits per heavy atom. The SMILES string of the molecule is [C-]#[N+]c1c(C(=O)OC(C)(C(C)C)C(C)C)c2nc(C)[nH]n2c1OC(C)=O. The van der Waals surface area contributed by atoms with Crippen molar-refractivity contribution in [2.75, 3.05) is 0 Å². The van der Waals surface area contributed by atoms with Gasteiger partial charge in [0.25, 0.3) is 5.69 Å². The molecule has 0 radical (unpaired) electrons. The molecule has 0 aliphatic rings. The van der Waals surface area contributed by atoms with E-state index in [4.69, 9.17) is 16.0 Å². The summed E-state index contributed by atoms with van der Waals surface area (Å²) in [5.74, 6) is -0.691. The first-order valence-corrected chi connectivity index (χ1v) is 8.43. The average molecular weight is 360 g/mol. The molecule has 0 atom stereocenters. The number of rotatable bonds is 5. The molecule has 0 aliphatic heterocycles. The quantitative estimate of drug-likeness (QED) is 0.649. The Morgan fingerprint density at radius 1 is 1.27 bits per heavy atom. The van der Waals surface area contributed by atoms with Gasteiger partial charge in [-0.3, -0.25) is 9.89 Å². The molecule has 2 aromatic heterocycles. The number of nitrogens with one attached hydrogen (secondary N) is 1. The molecule has 0 saturated carbocycles. The lowest BCUT2D eigenvalue weighted by atomic mass is 9.82. The van der Waals surface area contributed by atoms with Gasteiger partial charge in [0, 0.05) is 6.92 Å². The molecule has 0 unspecified atom stereocenters. The van der Waals surface area contributed by atoms with E-state index in [1.54, 1.807) is 6.92 Å². The first kappa shape index (κ1) is 19.5. The summed E-state index contributed by atoms with van der Waals surface area (Å²) < 4.78 is 12.3. The summed E-state index contributed by atoms with van der Waals surface area (Å²) in [6.07, 6.45) is 0. The lowest BCUT2D eigenvalue weighted by Crippen LogP contribution is -2.42. The van der Waals surface area contributed by atoms with Gasteiger partial charge in [0.2, 0.25) is 5.88 Å². The molecule has 8 nitrogen and oxygen atoms in total. The molecular weight excluding hydrogens is 336 g/mol. The maximum atomic E-state index is 13.0. The van der Waals surface area contributed by atoms with Crippen molar-refractivity contribution in [3.05, 3.63) is 22.8 Å². The Labute approximate surface area is 152 Å². The average Bonchev–Trinajstić information content (AvgIpc) is 3.01. The highest BCUT2D eigenvalue weighted by Gasteiger charge is 2.39. The van der Waals surface area contributed by atoms with Crippen LogP contribution in [0.25, 0.3) is 10.5 Å². The summed E-state index contributed by atoms with van der Waals surface area (Å²) in [5, 5.41) is 2.87. The van der Waals surface area contributed by atoms with Crippen LogP contribution in [0.1, 0.15) is 57.7 Å². The highest BCUT2D eigenvalue weighted by molar-refractivity contribution is 6.05. The molecule has 2 aromatic rings. The summed E-state index contributed by atoms with van der Waals surface area (Å²) in [5.41, 5.74) is -0.631. The second-order valence-corrected chi connectivity index (χ2v) is 7.09. The molecule has 0 bridgehead atoms. The molecule has 0 amide bonds. The molecule has 2 heterocycles. The standard InChI is InChI=1S/C18H24N4O4/c1-9(2)18(7,10(3)4)26-17(24)13-14(19-8)16(25-12(6)23)22-15(13)20-11(5)21-22/h9-10H,1-7H3,(H,20,21). The maximum Gasteiger partial charge on any atom is 0.332 e. The number of fused-ring (bicyclic) bond motifs is 1. The van der Waals surface area contributed by atoms with Gasteiger partial charge < -0.3 is 9.47 Å². The molecule has 0 fully saturated rings. The van der Waals surface area contributed by atoms with Gasteiger partial charge >= 0.3 is 11.9 Å². The number of hydrogen-bond donors (Lipinski definition) is 1. The second kappa shape index (κ2) is 6.83. The summed E-state index contributed by atoms with van der Waals surface area (Å²) in [6.45, 7) is 20.1. The maximum absolute atomic E-state index is 13.0. The molecule has 0 spiro atoms. The number of carbonyl (C=O) groups is 2. The predicted molar refractivity (Wildman–Crippen MR) is 95.3 cm³/mol. The number of aromatic amines is 1. The minimum Gasteiger partial charge on any atom is -0.456 e. The third-order valence-electron chi connectivity index (χ3n) is 4.79. The molecule has 140 valence electrons. The minimum absolute atomic E-state index is 0.00637. The van der Waals surface area contributed by atoms with Gasteiger partial charge in [-0.25, -0.2) is 19.1 Å². The van der Waals surface area contributed by atoms with Crippen LogP contribution in [0.4, 0.5) is 5.69 Å². The Balaban J connectivity index is 2.63. The van der Waals surface area contributed by atoms with Gasteiger partial charge in [0.05, 0.1) is 6.57 Å². The highest BCUT2D eigenvalue weighted by atomic mass is 16.6. The molecule has 2 rings (SSSR count). The number of nitrogens with zero attached hydrogens (tertiary/aromatic N) is 3. The summed E-state index contributed by atoms with van der Waals surface area (Å²) in [4.78, 5) is 32.1. The van der Waals surface area contributed by atoms with Crippen molar-refractivity contribution >= 4 is 23.3 Å². The number of carbonyl (C=O) groups excluding carboxylic acids is 2. The smallest absolute Gasteiger partial charge is 0.332 e. The van der Waals surface area contributed by atoms with Gasteiger partial charge in [-0.15, -0.1) is 0 Å². The zero-order valence-corrected chi connectivity index (χ0v) is 16.1. The van der Waals surface area contributed by atoms with E-state index >= 15 is 0 Å². The zero-order valence-electron chi connectivity index (χ0n) is 16.1. The van der Waals surface area contributed by atoms with Crippen LogP contribution in [0.5, 0.6) is 5.88 Å². The molecule has 0 aromatic carbocycles. The van der Waals surface area contributed by atoms with Crippen molar-refractivity contribution in [1.29, 1.82) is 0 Å². The van der Waals surface area contributed by atoms with E-state index in [9.17, 15) is 9.59 Å². The van der Waals surface area contributed by atoms with E-state index < -0.39 is 17.5 Å². The van der Waals surface area contributed by atoms with Crippen molar-refractivity contribution < 1.29 is 19.1 Å². The monoisotopic (exact) mass is 360 g/mol. The van der Waals surface area contributed by atoms with Crippen molar-refractivity contribution in [2.45, 2.75) is 54.1 Å². The van der Waals surface area contributed by atoms with Crippen LogP contribution in [0, 0.1) is 25.3 Å². The molecule has 0 aliphatic carbocycles. The largest absolute Gasteiger partial charge is 0.456 e. The topological polar surface area (TPSA) is 90.1 Å². The molecule has 8 heteroatoms. The van der Waals surface area contributed by atoms with Crippen molar-refractivity contribution in [3.63, 3.8) is 0 Å². The van der Waals surface area contributed by atoms with Crippen LogP contribution in [-0.4, -0.2) is 32.1 Å². The van der Waals surface area contributed by atoms with Crippen LogP contribution in [0.15, 0.2) is 0 Å². The number of aryl methyl sites for hydroxylation is 1. The fourth-order valence-corrected chi connectivity index (χ4v) is 2.76. The van der Waals surface area contributed by atoms with E-state index in [1.165, 1.54) is 11.4 Å². The first-order valence-electron chi connectivity index (χ1n) is 8.43. The number of H-pyrrole nitrogens is 1. The molecular formula is C18H24N4O4. The summed E-state index contributed by atoms with van der Waals surface area (Å²) >= 11 is 0. The van der Waals surface area contributed by atoms with Crippen LogP contribution in [0.2, 0.25) is 0 Å². The third kappa shape index (κ3) is 3.17. The van der Waals surface area contributed by atoms with Crippen LogP contribution in [-0.2, 0) is 9.53 Å². The number of hydrogen-bond acceptors (Lipinski definition) is 5. The van der Waals surface area contributed by atoms with Crippen molar-refractivity contribution in [2.24, 2.45) is 11.8 Å². The van der Waals surface area contributed by atoms with Crippen molar-refractivity contribution in [1.82, 2.24) is 14.6 Å². The summed E-state index contributed by atoms with van der Waals surface area (Å²) in [7, 11) is 0. The lowest BCUT2D eigenvalue weighted by Gasteiger charge is -2.37. The van der Waals surface area contributed by atoms with Crippen LogP contribution >= 0.6 is 0 Å². The summed E-state index contributed by atoms with van der Waals surface area (Å²) in [6, 6.07) is 0. The van der Waals surface area contributed by atoms with Crippen LogP contribution in [0.3, 0.4) is 0 Å². The number of aromatic nitrogens is 3. The van der Waals surface area contributed by atoms with E-state index in [1.807, 2.05) is 34.6 Å². The minimum atomic E-state index is -0.725. The fourth-order valence-electron chi connectivity index (χ4n) is 2.76. The normalized spacial score (nSPS) is 11.8. The van der Waals surface area contributed by atoms with Crippen LogP contribution < -0.4 is 4.74 Å². The van der Waals surface area contributed by atoms with Gasteiger partial charge in [0.1, 0.15) is 17.0 Å². The zero-order chi connectivity index (χ0) is 19.8. The Kier molecular flexibility index (Phi) is 5.12. The van der Waals surface area contributed by atoms with E-state index in [-0.39, 0.29) is 34.6 Å².